The molecule has 6 nitrogen and oxygen atoms in total. The fraction of sp³-hybridized carbons (Fsp3) is 0.588. The minimum atomic E-state index is -0.0195. The molecule has 23 heavy (non-hydrogen) atoms. The molecular formula is C17H27N5O. The molecule has 1 atom stereocenters. The summed E-state index contributed by atoms with van der Waals surface area (Å²) in [5.74, 6) is 1.10. The average Bonchev–Trinajstić information content (AvgIpc) is 2.58. The summed E-state index contributed by atoms with van der Waals surface area (Å²) in [5, 5.41) is 0. The second-order valence-electron chi connectivity index (χ2n) is 6.25. The maximum atomic E-state index is 12.1. The number of carbonyl (C=O) groups is 1. The van der Waals surface area contributed by atoms with Crippen LogP contribution in [0.5, 0.6) is 0 Å². The number of nitrogens with two attached hydrogens (primary N) is 1. The predicted octanol–water partition coefficient (Wildman–Crippen LogP) is 1.13. The van der Waals surface area contributed by atoms with Crippen molar-refractivity contribution in [2.24, 2.45) is 16.6 Å². The monoisotopic (exact) mass is 317 g/mol. The Morgan fingerprint density at radius 2 is 2.35 bits per heavy atom. The summed E-state index contributed by atoms with van der Waals surface area (Å²) in [6.45, 7) is 4.82. The number of aromatic nitrogens is 1. The molecule has 1 fully saturated rings. The Hall–Kier alpha value is -2.11. The number of guanidine groups is 1. The molecule has 6 heteroatoms. The lowest BCUT2D eigenvalue weighted by Crippen LogP contribution is -2.44. The summed E-state index contributed by atoms with van der Waals surface area (Å²) in [7, 11) is 1.79. The lowest BCUT2D eigenvalue weighted by atomic mass is 10.0. The van der Waals surface area contributed by atoms with Crippen LogP contribution in [0, 0.1) is 5.92 Å². The Morgan fingerprint density at radius 3 is 3.04 bits per heavy atom. The van der Waals surface area contributed by atoms with Crippen molar-refractivity contribution in [2.45, 2.75) is 26.2 Å². The van der Waals surface area contributed by atoms with Crippen molar-refractivity contribution in [1.29, 1.82) is 0 Å². The van der Waals surface area contributed by atoms with Crippen LogP contribution < -0.4 is 5.73 Å². The van der Waals surface area contributed by atoms with E-state index in [0.29, 0.717) is 18.4 Å². The molecule has 1 amide bonds. The fourth-order valence-corrected chi connectivity index (χ4v) is 2.72. The van der Waals surface area contributed by atoms with Crippen molar-refractivity contribution in [3.8, 4) is 0 Å². The maximum absolute atomic E-state index is 12.1. The van der Waals surface area contributed by atoms with Gasteiger partial charge in [0.25, 0.3) is 0 Å². The summed E-state index contributed by atoms with van der Waals surface area (Å²) < 4.78 is 0. The standard InChI is InChI=1S/C17H27N5O/c1-14-6-5-10-22(13-14)17(18)20-12-16(23)21(2)11-8-15-7-3-4-9-19-15/h3-4,7,9,14H,5-6,8,10-13H2,1-2H3,(H2,18,20). The summed E-state index contributed by atoms with van der Waals surface area (Å²) in [4.78, 5) is 24.4. The minimum absolute atomic E-state index is 0.0195. The topological polar surface area (TPSA) is 74.8 Å². The van der Waals surface area contributed by atoms with Crippen molar-refractivity contribution in [1.82, 2.24) is 14.8 Å². The first kappa shape index (κ1) is 17.2. The third-order valence-electron chi connectivity index (χ3n) is 4.21. The fourth-order valence-electron chi connectivity index (χ4n) is 2.72. The van der Waals surface area contributed by atoms with Crippen LogP contribution in [0.15, 0.2) is 29.4 Å². The van der Waals surface area contributed by atoms with Crippen LogP contribution in [0.4, 0.5) is 0 Å². The molecule has 0 spiro atoms. The Kier molecular flexibility index (Phi) is 6.38. The van der Waals surface area contributed by atoms with E-state index in [-0.39, 0.29) is 12.5 Å². The van der Waals surface area contributed by atoms with Crippen molar-refractivity contribution in [3.63, 3.8) is 0 Å². The lowest BCUT2D eigenvalue weighted by molar-refractivity contribution is -0.128. The van der Waals surface area contributed by atoms with Crippen molar-refractivity contribution >= 4 is 11.9 Å². The van der Waals surface area contributed by atoms with Gasteiger partial charge in [0, 0.05) is 45.0 Å². The van der Waals surface area contributed by atoms with Crippen molar-refractivity contribution in [3.05, 3.63) is 30.1 Å². The van der Waals surface area contributed by atoms with Gasteiger partial charge in [-0.25, -0.2) is 4.99 Å². The van der Waals surface area contributed by atoms with Gasteiger partial charge in [-0.05, 0) is 30.9 Å². The van der Waals surface area contributed by atoms with Crippen LogP contribution in [0.2, 0.25) is 0 Å². The quantitative estimate of drug-likeness (QED) is 0.652. The van der Waals surface area contributed by atoms with Crippen LogP contribution in [0.3, 0.4) is 0 Å². The molecule has 0 aliphatic carbocycles. The number of carbonyl (C=O) groups excluding carboxylic acids is 1. The average molecular weight is 317 g/mol. The van der Waals surface area contributed by atoms with E-state index in [1.807, 2.05) is 18.2 Å². The molecule has 1 aromatic heterocycles. The second-order valence-corrected chi connectivity index (χ2v) is 6.25. The number of hydrogen-bond acceptors (Lipinski definition) is 3. The first-order chi connectivity index (χ1) is 11.1. The molecular weight excluding hydrogens is 290 g/mol. The first-order valence-electron chi connectivity index (χ1n) is 8.25. The highest BCUT2D eigenvalue weighted by molar-refractivity contribution is 5.84. The molecule has 1 unspecified atom stereocenters. The number of aliphatic imine (C=N–C) groups is 1. The molecule has 0 saturated carbocycles. The Balaban J connectivity index is 1.77. The third kappa shape index (κ3) is 5.54. The van der Waals surface area contributed by atoms with Gasteiger partial charge in [-0.1, -0.05) is 13.0 Å². The highest BCUT2D eigenvalue weighted by Gasteiger charge is 2.18. The molecule has 0 aromatic carbocycles. The molecule has 2 heterocycles. The molecule has 1 aliphatic heterocycles. The number of amides is 1. The molecule has 0 bridgehead atoms. The van der Waals surface area contributed by atoms with E-state index >= 15 is 0 Å². The van der Waals surface area contributed by atoms with Gasteiger partial charge in [-0.15, -0.1) is 0 Å². The number of nitrogens with zero attached hydrogens (tertiary/aromatic N) is 4. The van der Waals surface area contributed by atoms with Gasteiger partial charge >= 0.3 is 0 Å². The van der Waals surface area contributed by atoms with Gasteiger partial charge in [0.15, 0.2) is 5.96 Å². The van der Waals surface area contributed by atoms with E-state index in [1.165, 1.54) is 6.42 Å². The number of piperidine rings is 1. The van der Waals surface area contributed by atoms with Crippen LogP contribution >= 0.6 is 0 Å². The summed E-state index contributed by atoms with van der Waals surface area (Å²) in [6.07, 6.45) is 4.88. The van der Waals surface area contributed by atoms with Gasteiger partial charge in [0.2, 0.25) is 5.91 Å². The van der Waals surface area contributed by atoms with Gasteiger partial charge in [0.1, 0.15) is 6.54 Å². The third-order valence-corrected chi connectivity index (χ3v) is 4.21. The summed E-state index contributed by atoms with van der Waals surface area (Å²) >= 11 is 0. The lowest BCUT2D eigenvalue weighted by Gasteiger charge is -2.31. The van der Waals surface area contributed by atoms with Crippen molar-refractivity contribution < 1.29 is 4.79 Å². The van der Waals surface area contributed by atoms with Crippen LogP contribution in [-0.4, -0.2) is 59.9 Å². The molecule has 126 valence electrons. The summed E-state index contributed by atoms with van der Waals surface area (Å²) in [5.41, 5.74) is 7.00. The van der Waals surface area contributed by atoms with Gasteiger partial charge in [-0.2, -0.15) is 0 Å². The zero-order valence-electron chi connectivity index (χ0n) is 14.1. The van der Waals surface area contributed by atoms with Crippen LogP contribution in [-0.2, 0) is 11.2 Å². The van der Waals surface area contributed by atoms with E-state index in [1.54, 1.807) is 18.1 Å². The van der Waals surface area contributed by atoms with Gasteiger partial charge in [0.05, 0.1) is 0 Å². The summed E-state index contributed by atoms with van der Waals surface area (Å²) in [6, 6.07) is 5.80. The highest BCUT2D eigenvalue weighted by Crippen LogP contribution is 2.14. The second kappa shape index (κ2) is 8.50. The Bertz CT molecular complexity index is 531. The number of pyridine rings is 1. The minimum Gasteiger partial charge on any atom is -0.370 e. The zero-order valence-corrected chi connectivity index (χ0v) is 14.1. The van der Waals surface area contributed by atoms with E-state index in [4.69, 9.17) is 5.73 Å². The number of likely N-dealkylation sites (N-methyl/N-ethyl adjacent to an activating group) is 1. The van der Waals surface area contributed by atoms with Gasteiger partial charge in [-0.3, -0.25) is 9.78 Å². The molecule has 1 aliphatic rings. The number of hydrogen-bond donors (Lipinski definition) is 1. The maximum Gasteiger partial charge on any atom is 0.244 e. The number of likely N-dealkylation sites (tertiary alicyclic amines) is 1. The molecule has 1 saturated heterocycles. The van der Waals surface area contributed by atoms with Crippen molar-refractivity contribution in [2.75, 3.05) is 33.2 Å². The van der Waals surface area contributed by atoms with Crippen LogP contribution in [0.25, 0.3) is 0 Å². The van der Waals surface area contributed by atoms with Gasteiger partial charge < -0.3 is 15.5 Å². The largest absolute Gasteiger partial charge is 0.370 e. The Labute approximate surface area is 138 Å². The SMILES string of the molecule is CC1CCCN(C(N)=NCC(=O)N(C)CCc2ccccn2)C1. The van der Waals surface area contributed by atoms with Crippen LogP contribution in [0.1, 0.15) is 25.5 Å². The highest BCUT2D eigenvalue weighted by atomic mass is 16.2. The molecule has 1 aromatic rings. The normalized spacial score (nSPS) is 18.8. The predicted molar refractivity (Wildman–Crippen MR) is 92.0 cm³/mol. The Morgan fingerprint density at radius 1 is 1.52 bits per heavy atom. The van der Waals surface area contributed by atoms with E-state index < -0.39 is 0 Å². The van der Waals surface area contributed by atoms with E-state index in [9.17, 15) is 4.79 Å². The van der Waals surface area contributed by atoms with E-state index in [0.717, 1.165) is 31.6 Å². The smallest absolute Gasteiger partial charge is 0.244 e. The van der Waals surface area contributed by atoms with E-state index in [2.05, 4.69) is 21.8 Å². The molecule has 2 rings (SSSR count). The number of rotatable bonds is 5. The first-order valence-corrected chi connectivity index (χ1v) is 8.25. The molecule has 2 N–H and O–H groups in total. The zero-order chi connectivity index (χ0) is 16.7. The molecule has 0 radical (unpaired) electrons.